The molecular weight excluding hydrogens is 534 g/mol. The Hall–Kier alpha value is -3.36. The van der Waals surface area contributed by atoms with E-state index in [1.54, 1.807) is 50.2 Å². The molecule has 7 nitrogen and oxygen atoms in total. The van der Waals surface area contributed by atoms with Crippen molar-refractivity contribution in [3.63, 3.8) is 0 Å². The summed E-state index contributed by atoms with van der Waals surface area (Å²) < 4.78 is 28.8. The Bertz CT molecular complexity index is 1400. The fourth-order valence-electron chi connectivity index (χ4n) is 4.22. The van der Waals surface area contributed by atoms with Gasteiger partial charge in [-0.05, 0) is 74.2 Å². The van der Waals surface area contributed by atoms with Crippen molar-refractivity contribution in [1.29, 1.82) is 0 Å². The lowest BCUT2D eigenvalue weighted by atomic mass is 10.1. The van der Waals surface area contributed by atoms with Crippen LogP contribution in [-0.2, 0) is 26.2 Å². The number of anilines is 1. The highest BCUT2D eigenvalue weighted by atomic mass is 35.5. The van der Waals surface area contributed by atoms with E-state index in [1.165, 1.54) is 17.0 Å². The zero-order valence-corrected chi connectivity index (χ0v) is 24.4. The van der Waals surface area contributed by atoms with Gasteiger partial charge in [0.15, 0.2) is 0 Å². The summed E-state index contributed by atoms with van der Waals surface area (Å²) in [7, 11) is -4.12. The van der Waals surface area contributed by atoms with E-state index in [4.69, 9.17) is 11.6 Å². The minimum absolute atomic E-state index is 0.0583. The highest BCUT2D eigenvalue weighted by Crippen LogP contribution is 2.29. The predicted octanol–water partition coefficient (Wildman–Crippen LogP) is 5.49. The van der Waals surface area contributed by atoms with Crippen LogP contribution >= 0.6 is 11.6 Å². The van der Waals surface area contributed by atoms with E-state index in [9.17, 15) is 18.0 Å². The average Bonchev–Trinajstić information content (AvgIpc) is 2.91. The lowest BCUT2D eigenvalue weighted by Gasteiger charge is -2.32. The molecule has 3 rings (SSSR count). The van der Waals surface area contributed by atoms with Gasteiger partial charge < -0.3 is 10.2 Å². The molecule has 0 aliphatic heterocycles. The summed E-state index contributed by atoms with van der Waals surface area (Å²) in [5, 5.41) is 3.35. The third kappa shape index (κ3) is 7.61. The number of hydrogen-bond acceptors (Lipinski definition) is 4. The summed E-state index contributed by atoms with van der Waals surface area (Å²) in [6, 6.07) is 19.6. The summed E-state index contributed by atoms with van der Waals surface area (Å²) in [6.45, 7) is 7.56. The van der Waals surface area contributed by atoms with Crippen LogP contribution in [0.3, 0.4) is 0 Å². The van der Waals surface area contributed by atoms with E-state index in [0.717, 1.165) is 28.3 Å². The Kier molecular flexibility index (Phi) is 10.5. The maximum atomic E-state index is 14.0. The average molecular weight is 570 g/mol. The molecule has 0 saturated heterocycles. The second kappa shape index (κ2) is 13.6. The van der Waals surface area contributed by atoms with Gasteiger partial charge in [-0.15, -0.1) is 0 Å². The molecule has 0 fully saturated rings. The molecule has 0 aliphatic rings. The van der Waals surface area contributed by atoms with E-state index in [1.807, 2.05) is 38.1 Å². The molecule has 0 spiro atoms. The van der Waals surface area contributed by atoms with Crippen LogP contribution in [0.2, 0.25) is 5.02 Å². The molecule has 0 saturated carbocycles. The molecule has 0 aliphatic carbocycles. The molecule has 0 bridgehead atoms. The highest BCUT2D eigenvalue weighted by molar-refractivity contribution is 7.92. The monoisotopic (exact) mass is 569 g/mol. The van der Waals surface area contributed by atoms with Crippen molar-refractivity contribution in [3.8, 4) is 0 Å². The zero-order valence-electron chi connectivity index (χ0n) is 22.9. The molecule has 0 heterocycles. The van der Waals surface area contributed by atoms with Crippen molar-refractivity contribution >= 4 is 39.1 Å². The number of aryl methyl sites for hydroxylation is 2. The van der Waals surface area contributed by atoms with Crippen LogP contribution in [0.15, 0.2) is 77.7 Å². The van der Waals surface area contributed by atoms with Crippen LogP contribution in [0.5, 0.6) is 0 Å². The Morgan fingerprint density at radius 1 is 0.949 bits per heavy atom. The minimum Gasteiger partial charge on any atom is -0.354 e. The number of nitrogens with zero attached hydrogens (tertiary/aromatic N) is 2. The van der Waals surface area contributed by atoms with Crippen LogP contribution in [0.1, 0.15) is 43.4 Å². The molecular formula is C30H36ClN3O4S. The molecule has 0 radical (unpaired) electrons. The molecule has 2 amide bonds. The summed E-state index contributed by atoms with van der Waals surface area (Å²) in [6.07, 6.45) is 1.75. The van der Waals surface area contributed by atoms with Gasteiger partial charge in [-0.25, -0.2) is 8.42 Å². The lowest BCUT2D eigenvalue weighted by Crippen LogP contribution is -2.51. The van der Waals surface area contributed by atoms with Gasteiger partial charge >= 0.3 is 0 Å². The van der Waals surface area contributed by atoms with Gasteiger partial charge in [0.2, 0.25) is 11.8 Å². The van der Waals surface area contributed by atoms with Crippen LogP contribution < -0.4 is 9.62 Å². The third-order valence-corrected chi connectivity index (χ3v) is 8.65. The maximum absolute atomic E-state index is 14.0. The standard InChI is InChI=1S/C30H36ClN3O4S/c1-5-6-18-32-30(36)24(4)33(20-25-13-11-10-12-22(25)2)29(35)21-34(28-17-16-26(31)19-23(28)3)39(37,38)27-14-8-7-9-15-27/h7-17,19,24H,5-6,18,20-21H2,1-4H3,(H,32,36). The number of benzene rings is 3. The van der Waals surface area contributed by atoms with Gasteiger partial charge in [0.05, 0.1) is 10.6 Å². The van der Waals surface area contributed by atoms with Crippen LogP contribution in [-0.4, -0.2) is 44.3 Å². The number of amides is 2. The molecule has 39 heavy (non-hydrogen) atoms. The number of hydrogen-bond donors (Lipinski definition) is 1. The van der Waals surface area contributed by atoms with Crippen molar-refractivity contribution in [1.82, 2.24) is 10.2 Å². The molecule has 3 aromatic rings. The quantitative estimate of drug-likeness (QED) is 0.292. The van der Waals surface area contributed by atoms with E-state index < -0.39 is 28.5 Å². The summed E-state index contributed by atoms with van der Waals surface area (Å²) in [5.41, 5.74) is 2.79. The largest absolute Gasteiger partial charge is 0.354 e. The van der Waals surface area contributed by atoms with E-state index in [2.05, 4.69) is 5.32 Å². The fourth-order valence-corrected chi connectivity index (χ4v) is 5.95. The SMILES string of the molecule is CCCCNC(=O)C(C)N(Cc1ccccc1C)C(=O)CN(c1ccc(Cl)cc1C)S(=O)(=O)c1ccccc1. The maximum Gasteiger partial charge on any atom is 0.264 e. The predicted molar refractivity (Wildman–Crippen MR) is 156 cm³/mol. The van der Waals surface area contributed by atoms with Gasteiger partial charge in [-0.2, -0.15) is 0 Å². The second-order valence-corrected chi connectivity index (χ2v) is 11.8. The molecule has 9 heteroatoms. The van der Waals surface area contributed by atoms with E-state index in [0.29, 0.717) is 22.8 Å². The zero-order chi connectivity index (χ0) is 28.6. The van der Waals surface area contributed by atoms with E-state index >= 15 is 0 Å². The van der Waals surface area contributed by atoms with Crippen LogP contribution in [0, 0.1) is 13.8 Å². The number of unbranched alkanes of at least 4 members (excludes halogenated alkanes) is 1. The van der Waals surface area contributed by atoms with Crippen molar-refractivity contribution < 1.29 is 18.0 Å². The first-order valence-electron chi connectivity index (χ1n) is 13.0. The van der Waals surface area contributed by atoms with Crippen LogP contribution in [0.25, 0.3) is 0 Å². The summed E-state index contributed by atoms with van der Waals surface area (Å²) in [5.74, 6) is -0.782. The Labute approximate surface area is 236 Å². The smallest absolute Gasteiger partial charge is 0.264 e. The van der Waals surface area contributed by atoms with Crippen molar-refractivity contribution in [2.75, 3.05) is 17.4 Å². The van der Waals surface area contributed by atoms with Gasteiger partial charge in [-0.3, -0.25) is 13.9 Å². The van der Waals surface area contributed by atoms with Crippen molar-refractivity contribution in [2.45, 2.75) is 58.0 Å². The number of halogens is 1. The molecule has 0 aromatic heterocycles. The first kappa shape index (κ1) is 30.2. The fraction of sp³-hybridized carbons (Fsp3) is 0.333. The Morgan fingerprint density at radius 2 is 1.62 bits per heavy atom. The number of rotatable bonds is 12. The Balaban J connectivity index is 2.03. The minimum atomic E-state index is -4.12. The Morgan fingerprint density at radius 3 is 2.26 bits per heavy atom. The van der Waals surface area contributed by atoms with Gasteiger partial charge in [-0.1, -0.05) is 67.4 Å². The normalized spacial score (nSPS) is 12.0. The number of sulfonamides is 1. The summed E-state index contributed by atoms with van der Waals surface area (Å²) in [4.78, 5) is 28.5. The first-order valence-corrected chi connectivity index (χ1v) is 14.8. The number of carbonyl (C=O) groups is 2. The van der Waals surface area contributed by atoms with E-state index in [-0.39, 0.29) is 17.3 Å². The molecule has 208 valence electrons. The summed E-state index contributed by atoms with van der Waals surface area (Å²) >= 11 is 6.16. The lowest BCUT2D eigenvalue weighted by molar-refractivity contribution is -0.139. The molecule has 3 aromatic carbocycles. The number of nitrogens with one attached hydrogen (secondary N) is 1. The number of carbonyl (C=O) groups excluding carboxylic acids is 2. The third-order valence-electron chi connectivity index (χ3n) is 6.64. The van der Waals surface area contributed by atoms with Crippen molar-refractivity contribution in [3.05, 3.63) is 94.5 Å². The second-order valence-electron chi connectivity index (χ2n) is 9.52. The van der Waals surface area contributed by atoms with Gasteiger partial charge in [0.1, 0.15) is 12.6 Å². The molecule has 1 unspecified atom stereocenters. The molecule has 1 atom stereocenters. The van der Waals surface area contributed by atoms with Crippen LogP contribution in [0.4, 0.5) is 5.69 Å². The topological polar surface area (TPSA) is 86.8 Å². The van der Waals surface area contributed by atoms with Gasteiger partial charge in [0.25, 0.3) is 10.0 Å². The van der Waals surface area contributed by atoms with Gasteiger partial charge in [0, 0.05) is 18.1 Å². The van der Waals surface area contributed by atoms with Crippen molar-refractivity contribution in [2.24, 2.45) is 0 Å². The highest BCUT2D eigenvalue weighted by Gasteiger charge is 2.33. The molecule has 1 N–H and O–H groups in total. The first-order chi connectivity index (χ1) is 18.6.